The zero-order valence-corrected chi connectivity index (χ0v) is 19.6. The summed E-state index contributed by atoms with van der Waals surface area (Å²) in [5.41, 5.74) is 2.76. The van der Waals surface area contributed by atoms with Gasteiger partial charge in [-0.05, 0) is 56.7 Å². The van der Waals surface area contributed by atoms with Gasteiger partial charge < -0.3 is 15.1 Å². The number of amides is 2. The van der Waals surface area contributed by atoms with Crippen LogP contribution in [-0.4, -0.2) is 38.7 Å². The smallest absolute Gasteiger partial charge is 0.288 e. The molecule has 0 bridgehead atoms. The Balaban J connectivity index is 1.51. The fourth-order valence-corrected chi connectivity index (χ4v) is 3.89. The van der Waals surface area contributed by atoms with Crippen LogP contribution in [0.15, 0.2) is 40.9 Å². The third kappa shape index (κ3) is 5.16. The summed E-state index contributed by atoms with van der Waals surface area (Å²) in [5, 5.41) is 10.6. The van der Waals surface area contributed by atoms with E-state index in [-0.39, 0.29) is 29.7 Å². The Morgan fingerprint density at radius 3 is 2.55 bits per heavy atom. The summed E-state index contributed by atoms with van der Waals surface area (Å²) in [5.74, 6) is 0.746. The van der Waals surface area contributed by atoms with Crippen molar-refractivity contribution in [3.05, 3.63) is 48.0 Å². The molecule has 0 radical (unpaired) electrons. The summed E-state index contributed by atoms with van der Waals surface area (Å²) < 4.78 is 7.34. The van der Waals surface area contributed by atoms with Crippen LogP contribution in [0.1, 0.15) is 67.5 Å². The minimum Gasteiger partial charge on any atom is -0.431 e. The number of carbonyl (C=O) groups excluding carboxylic acids is 2. The molecule has 3 aromatic rings. The number of nitrogens with zero attached hydrogens (tertiary/aromatic N) is 3. The number of oxazole rings is 1. The van der Waals surface area contributed by atoms with Crippen LogP contribution in [0.5, 0.6) is 0 Å². The molecular formula is C25H31N5O3. The topological polar surface area (TPSA) is 102 Å². The Kier molecular flexibility index (Phi) is 6.62. The Bertz CT molecular complexity index is 1140. The number of aryl methyl sites for hydroxylation is 1. The minimum absolute atomic E-state index is 0.109. The molecule has 174 valence electrons. The molecule has 8 heteroatoms. The minimum atomic E-state index is -0.264. The molecule has 4 rings (SSSR count). The average Bonchev–Trinajstić information content (AvgIpc) is 3.42. The zero-order valence-electron chi connectivity index (χ0n) is 19.6. The normalized spacial score (nSPS) is 14.3. The van der Waals surface area contributed by atoms with Crippen LogP contribution in [-0.2, 0) is 7.05 Å². The van der Waals surface area contributed by atoms with Gasteiger partial charge in [0.25, 0.3) is 11.8 Å². The number of benzene rings is 1. The molecule has 1 atom stereocenters. The lowest BCUT2D eigenvalue weighted by Gasteiger charge is -2.12. The molecular weight excluding hydrogens is 418 g/mol. The molecule has 1 aliphatic rings. The second-order valence-electron chi connectivity index (χ2n) is 8.74. The van der Waals surface area contributed by atoms with Gasteiger partial charge in [-0.15, -0.1) is 0 Å². The van der Waals surface area contributed by atoms with Crippen LogP contribution in [0.3, 0.4) is 0 Å². The van der Waals surface area contributed by atoms with Crippen molar-refractivity contribution in [1.82, 2.24) is 25.4 Å². The zero-order chi connectivity index (χ0) is 23.5. The maximum absolute atomic E-state index is 12.7. The molecule has 1 aromatic carbocycles. The van der Waals surface area contributed by atoms with Gasteiger partial charge >= 0.3 is 0 Å². The molecule has 2 heterocycles. The Morgan fingerprint density at radius 2 is 1.85 bits per heavy atom. The predicted molar refractivity (Wildman–Crippen MR) is 126 cm³/mol. The molecule has 8 nitrogen and oxygen atoms in total. The van der Waals surface area contributed by atoms with Crippen LogP contribution in [0.2, 0.25) is 0 Å². The fraction of sp³-hybridized carbons (Fsp3) is 0.440. The van der Waals surface area contributed by atoms with Crippen LogP contribution < -0.4 is 10.6 Å². The van der Waals surface area contributed by atoms with E-state index < -0.39 is 0 Å². The number of aromatic nitrogens is 3. The van der Waals surface area contributed by atoms with Crippen molar-refractivity contribution in [3.63, 3.8) is 0 Å². The van der Waals surface area contributed by atoms with Crippen molar-refractivity contribution in [1.29, 1.82) is 0 Å². The van der Waals surface area contributed by atoms with Crippen molar-refractivity contribution >= 4 is 11.8 Å². The van der Waals surface area contributed by atoms with Crippen molar-refractivity contribution in [2.45, 2.75) is 58.5 Å². The van der Waals surface area contributed by atoms with E-state index >= 15 is 0 Å². The van der Waals surface area contributed by atoms with Crippen molar-refractivity contribution in [2.75, 3.05) is 0 Å². The van der Waals surface area contributed by atoms with E-state index in [0.29, 0.717) is 23.2 Å². The lowest BCUT2D eigenvalue weighted by Crippen LogP contribution is -2.35. The third-order valence-electron chi connectivity index (χ3n) is 6.26. The highest BCUT2D eigenvalue weighted by Crippen LogP contribution is 2.32. The van der Waals surface area contributed by atoms with Crippen LogP contribution in [0, 0.1) is 5.92 Å². The first-order valence-electron chi connectivity index (χ1n) is 11.6. The summed E-state index contributed by atoms with van der Waals surface area (Å²) in [6.45, 7) is 6.12. The Morgan fingerprint density at radius 1 is 1.12 bits per heavy atom. The predicted octanol–water partition coefficient (Wildman–Crippen LogP) is 4.19. The van der Waals surface area contributed by atoms with E-state index in [0.717, 1.165) is 24.0 Å². The fourth-order valence-electron chi connectivity index (χ4n) is 3.89. The summed E-state index contributed by atoms with van der Waals surface area (Å²) in [6, 6.07) is 9.62. The number of carbonyl (C=O) groups is 2. The number of rotatable bonds is 9. The van der Waals surface area contributed by atoms with Gasteiger partial charge in [0.2, 0.25) is 11.7 Å². The molecule has 0 aliphatic heterocycles. The molecule has 2 aromatic heterocycles. The maximum Gasteiger partial charge on any atom is 0.288 e. The van der Waals surface area contributed by atoms with E-state index in [4.69, 9.17) is 4.42 Å². The highest BCUT2D eigenvalue weighted by molar-refractivity contribution is 5.94. The molecule has 33 heavy (non-hydrogen) atoms. The number of nitrogens with one attached hydrogen (secondary N) is 2. The molecule has 2 amide bonds. The second-order valence-corrected chi connectivity index (χ2v) is 8.74. The van der Waals surface area contributed by atoms with Gasteiger partial charge in [-0.25, -0.2) is 4.98 Å². The van der Waals surface area contributed by atoms with E-state index in [2.05, 4.69) is 20.7 Å². The molecule has 0 saturated heterocycles. The molecule has 1 aliphatic carbocycles. The second kappa shape index (κ2) is 9.60. The molecule has 1 fully saturated rings. The van der Waals surface area contributed by atoms with Crippen molar-refractivity contribution in [3.8, 4) is 22.7 Å². The number of hydrogen-bond donors (Lipinski definition) is 2. The first kappa shape index (κ1) is 22.8. The Hall–Kier alpha value is -3.42. The Labute approximate surface area is 193 Å². The van der Waals surface area contributed by atoms with Crippen molar-refractivity contribution < 1.29 is 14.0 Å². The van der Waals surface area contributed by atoms with Crippen molar-refractivity contribution in [2.24, 2.45) is 13.0 Å². The monoisotopic (exact) mass is 449 g/mol. The summed E-state index contributed by atoms with van der Waals surface area (Å²) in [4.78, 5) is 29.4. The highest BCUT2D eigenvalue weighted by Gasteiger charge is 2.29. The van der Waals surface area contributed by atoms with Crippen LogP contribution in [0.25, 0.3) is 22.7 Å². The first-order valence-corrected chi connectivity index (χ1v) is 11.6. The van der Waals surface area contributed by atoms with E-state index in [1.165, 1.54) is 19.0 Å². The summed E-state index contributed by atoms with van der Waals surface area (Å²) >= 11 is 0. The standard InChI is InChI=1S/C25H31N5O3/c1-5-19(6-2)28-24(32)22-14-26-25(33-22)18-9-7-8-17(12-18)20-13-21(30(4)29-20)23(31)27-15(3)16-10-11-16/h7-9,12-16,19H,5-6,10-11H2,1-4H3,(H,27,31)(H,28,32)/t15-/m0/s1. The van der Waals surface area contributed by atoms with Gasteiger partial charge in [-0.2, -0.15) is 5.10 Å². The lowest BCUT2D eigenvalue weighted by molar-refractivity contribution is 0.0904. The molecule has 0 spiro atoms. The largest absolute Gasteiger partial charge is 0.431 e. The molecule has 0 unspecified atom stereocenters. The van der Waals surface area contributed by atoms with E-state index in [1.54, 1.807) is 17.8 Å². The average molecular weight is 450 g/mol. The van der Waals surface area contributed by atoms with Gasteiger partial charge in [0, 0.05) is 30.3 Å². The maximum atomic E-state index is 12.7. The summed E-state index contributed by atoms with van der Waals surface area (Å²) in [7, 11) is 1.77. The molecule has 2 N–H and O–H groups in total. The van der Waals surface area contributed by atoms with Gasteiger partial charge in [-0.1, -0.05) is 26.0 Å². The number of hydrogen-bond acceptors (Lipinski definition) is 5. The quantitative estimate of drug-likeness (QED) is 0.510. The first-order chi connectivity index (χ1) is 15.9. The highest BCUT2D eigenvalue weighted by atomic mass is 16.4. The lowest BCUT2D eigenvalue weighted by atomic mass is 10.1. The van der Waals surface area contributed by atoms with Crippen LogP contribution in [0.4, 0.5) is 0 Å². The van der Waals surface area contributed by atoms with Crippen LogP contribution >= 0.6 is 0 Å². The molecule has 1 saturated carbocycles. The SMILES string of the molecule is CCC(CC)NC(=O)c1cnc(-c2cccc(-c3cc(C(=O)N[C@@H](C)C4CC4)n(C)n3)c2)o1. The van der Waals surface area contributed by atoms with E-state index in [1.807, 2.05) is 45.0 Å². The van der Waals surface area contributed by atoms with Gasteiger partial charge in [-0.3, -0.25) is 14.3 Å². The van der Waals surface area contributed by atoms with Gasteiger partial charge in [0.05, 0.1) is 11.9 Å². The summed E-state index contributed by atoms with van der Waals surface area (Å²) in [6.07, 6.45) is 5.51. The third-order valence-corrected chi connectivity index (χ3v) is 6.26. The van der Waals surface area contributed by atoms with Gasteiger partial charge in [0.1, 0.15) is 5.69 Å². The van der Waals surface area contributed by atoms with Gasteiger partial charge in [0.15, 0.2) is 0 Å². The van der Waals surface area contributed by atoms with E-state index in [9.17, 15) is 9.59 Å².